The molecule has 1 fully saturated rings. The molecule has 2 aromatic carbocycles. The number of carbonyl (C=O) groups is 2. The molecule has 1 aliphatic heterocycles. The molecule has 1 amide bonds. The summed E-state index contributed by atoms with van der Waals surface area (Å²) in [6.07, 6.45) is 1.43. The summed E-state index contributed by atoms with van der Waals surface area (Å²) in [7, 11) is 3.82. The molecule has 1 heterocycles. The first-order valence-electron chi connectivity index (χ1n) is 11.1. The van der Waals surface area contributed by atoms with Gasteiger partial charge >= 0.3 is 0 Å². The van der Waals surface area contributed by atoms with Crippen LogP contribution >= 0.6 is 0 Å². The number of non-ortho nitro benzene ring substituents is 1. The van der Waals surface area contributed by atoms with E-state index in [1.807, 2.05) is 25.9 Å². The lowest BCUT2D eigenvalue weighted by atomic mass is 9.95. The van der Waals surface area contributed by atoms with Gasteiger partial charge in [0, 0.05) is 24.2 Å². The van der Waals surface area contributed by atoms with E-state index in [9.17, 15) is 24.8 Å². The van der Waals surface area contributed by atoms with Gasteiger partial charge in [0.1, 0.15) is 11.5 Å². The third-order valence-electron chi connectivity index (χ3n) is 5.54. The largest absolute Gasteiger partial charge is 0.507 e. The van der Waals surface area contributed by atoms with Crippen molar-refractivity contribution in [3.8, 4) is 5.75 Å². The van der Waals surface area contributed by atoms with Crippen LogP contribution in [0, 0.1) is 10.1 Å². The van der Waals surface area contributed by atoms with Crippen LogP contribution in [0.25, 0.3) is 5.76 Å². The van der Waals surface area contributed by atoms with Crippen LogP contribution in [0.4, 0.5) is 5.69 Å². The topological polar surface area (TPSA) is 113 Å². The number of hydrogen-bond donors (Lipinski definition) is 1. The number of nitro benzene ring substituents is 1. The minimum atomic E-state index is -0.858. The minimum Gasteiger partial charge on any atom is -0.507 e. The molecule has 3 rings (SSSR count). The normalized spacial score (nSPS) is 17.4. The molecule has 0 aliphatic carbocycles. The van der Waals surface area contributed by atoms with Gasteiger partial charge in [-0.05, 0) is 63.3 Å². The predicted octanol–water partition coefficient (Wildman–Crippen LogP) is 3.76. The molecule has 34 heavy (non-hydrogen) atoms. The van der Waals surface area contributed by atoms with Gasteiger partial charge in [-0.25, -0.2) is 0 Å². The molecule has 180 valence electrons. The van der Waals surface area contributed by atoms with Crippen LogP contribution in [0.1, 0.15) is 36.9 Å². The molecule has 9 nitrogen and oxygen atoms in total. The van der Waals surface area contributed by atoms with E-state index in [1.54, 1.807) is 24.3 Å². The van der Waals surface area contributed by atoms with E-state index >= 15 is 0 Å². The Balaban J connectivity index is 2.07. The standard InChI is InChI=1S/C25H29N3O6/c1-4-15-34-20-8-5-7-18(16-20)23(29)21-22(17-9-11-19(12-10-17)28(32)33)27(25(31)24(21)30)14-6-13-26(2)3/h5,7-12,16,22,29H,4,6,13-15H2,1-3H3. The van der Waals surface area contributed by atoms with Crippen molar-refractivity contribution in [2.24, 2.45) is 0 Å². The van der Waals surface area contributed by atoms with Crippen LogP contribution < -0.4 is 4.74 Å². The van der Waals surface area contributed by atoms with Crippen LogP contribution in [-0.2, 0) is 9.59 Å². The van der Waals surface area contributed by atoms with Gasteiger partial charge in [-0.15, -0.1) is 0 Å². The molecule has 1 aliphatic rings. The number of nitro groups is 1. The van der Waals surface area contributed by atoms with Gasteiger partial charge in [0.2, 0.25) is 0 Å². The number of aliphatic hydroxyl groups excluding tert-OH is 1. The van der Waals surface area contributed by atoms with E-state index < -0.39 is 22.7 Å². The summed E-state index contributed by atoms with van der Waals surface area (Å²) in [6.45, 7) is 3.47. The maximum Gasteiger partial charge on any atom is 0.295 e. The van der Waals surface area contributed by atoms with Crippen molar-refractivity contribution >= 4 is 23.1 Å². The van der Waals surface area contributed by atoms with Crippen LogP contribution in [0.2, 0.25) is 0 Å². The number of ketones is 1. The number of carbonyl (C=O) groups excluding carboxylic acids is 2. The lowest BCUT2D eigenvalue weighted by molar-refractivity contribution is -0.384. The summed E-state index contributed by atoms with van der Waals surface area (Å²) in [6, 6.07) is 11.5. The zero-order valence-corrected chi connectivity index (χ0v) is 19.6. The monoisotopic (exact) mass is 467 g/mol. The molecular weight excluding hydrogens is 438 g/mol. The van der Waals surface area contributed by atoms with E-state index in [-0.39, 0.29) is 17.0 Å². The highest BCUT2D eigenvalue weighted by Gasteiger charge is 2.45. The average molecular weight is 468 g/mol. The van der Waals surface area contributed by atoms with E-state index in [0.29, 0.717) is 43.0 Å². The van der Waals surface area contributed by atoms with Crippen molar-refractivity contribution in [3.63, 3.8) is 0 Å². The Morgan fingerprint density at radius 1 is 1.18 bits per heavy atom. The number of ether oxygens (including phenoxy) is 1. The van der Waals surface area contributed by atoms with Crippen molar-refractivity contribution in [2.45, 2.75) is 25.8 Å². The lowest BCUT2D eigenvalue weighted by Crippen LogP contribution is -2.32. The number of Topliss-reactive ketones (excluding diaryl/α,β-unsaturated/α-hetero) is 1. The number of likely N-dealkylation sites (tertiary alicyclic amines) is 1. The maximum atomic E-state index is 13.1. The maximum absolute atomic E-state index is 13.1. The van der Waals surface area contributed by atoms with Crippen molar-refractivity contribution in [1.29, 1.82) is 0 Å². The van der Waals surface area contributed by atoms with Crippen molar-refractivity contribution in [3.05, 3.63) is 75.3 Å². The molecular formula is C25H29N3O6. The highest BCUT2D eigenvalue weighted by atomic mass is 16.6. The van der Waals surface area contributed by atoms with Crippen LogP contribution in [0.15, 0.2) is 54.1 Å². The average Bonchev–Trinajstić information content (AvgIpc) is 3.07. The summed E-state index contributed by atoms with van der Waals surface area (Å²) in [5.74, 6) is -1.26. The Bertz CT molecular complexity index is 1090. The van der Waals surface area contributed by atoms with E-state index in [2.05, 4.69) is 0 Å². The van der Waals surface area contributed by atoms with Crippen molar-refractivity contribution in [1.82, 2.24) is 9.80 Å². The Hall–Kier alpha value is -3.72. The molecule has 1 unspecified atom stereocenters. The smallest absolute Gasteiger partial charge is 0.295 e. The number of hydrogen-bond acceptors (Lipinski definition) is 7. The number of aliphatic hydroxyl groups is 1. The summed E-state index contributed by atoms with van der Waals surface area (Å²) in [5.41, 5.74) is 0.715. The van der Waals surface area contributed by atoms with Crippen LogP contribution in [-0.4, -0.2) is 65.3 Å². The zero-order valence-electron chi connectivity index (χ0n) is 19.6. The third-order valence-corrected chi connectivity index (χ3v) is 5.54. The summed E-state index contributed by atoms with van der Waals surface area (Å²) in [4.78, 5) is 40.0. The summed E-state index contributed by atoms with van der Waals surface area (Å²) >= 11 is 0. The zero-order chi connectivity index (χ0) is 24.8. The molecule has 0 saturated carbocycles. The number of rotatable bonds is 10. The molecule has 1 atom stereocenters. The van der Waals surface area contributed by atoms with Gasteiger partial charge in [0.25, 0.3) is 17.4 Å². The van der Waals surface area contributed by atoms with E-state index in [1.165, 1.54) is 29.2 Å². The fourth-order valence-corrected chi connectivity index (χ4v) is 3.90. The van der Waals surface area contributed by atoms with E-state index in [4.69, 9.17) is 4.74 Å². The Labute approximate surface area is 198 Å². The van der Waals surface area contributed by atoms with Gasteiger partial charge in [0.15, 0.2) is 0 Å². The first kappa shape index (κ1) is 24.9. The van der Waals surface area contributed by atoms with Gasteiger partial charge in [-0.2, -0.15) is 0 Å². The number of amides is 1. The summed E-state index contributed by atoms with van der Waals surface area (Å²) < 4.78 is 5.64. The van der Waals surface area contributed by atoms with Gasteiger partial charge in [0.05, 0.1) is 23.1 Å². The Morgan fingerprint density at radius 3 is 2.50 bits per heavy atom. The van der Waals surface area contributed by atoms with Crippen molar-refractivity contribution < 1.29 is 24.4 Å². The van der Waals surface area contributed by atoms with Crippen LogP contribution in [0.3, 0.4) is 0 Å². The molecule has 0 radical (unpaired) electrons. The van der Waals surface area contributed by atoms with Gasteiger partial charge in [-0.3, -0.25) is 19.7 Å². The highest BCUT2D eigenvalue weighted by Crippen LogP contribution is 2.40. The molecule has 0 spiro atoms. The molecule has 0 bridgehead atoms. The predicted molar refractivity (Wildman–Crippen MR) is 128 cm³/mol. The fraction of sp³-hybridized carbons (Fsp3) is 0.360. The SMILES string of the molecule is CCCOc1cccc(C(O)=C2C(=O)C(=O)N(CCCN(C)C)C2c2ccc([N+](=O)[O-])cc2)c1. The molecule has 1 saturated heterocycles. The lowest BCUT2D eigenvalue weighted by Gasteiger charge is -2.26. The first-order chi connectivity index (χ1) is 16.2. The molecule has 9 heteroatoms. The number of benzene rings is 2. The van der Waals surface area contributed by atoms with Crippen LogP contribution in [0.5, 0.6) is 5.75 Å². The summed E-state index contributed by atoms with van der Waals surface area (Å²) in [5, 5.41) is 22.3. The van der Waals surface area contributed by atoms with Crippen molar-refractivity contribution in [2.75, 3.05) is 33.8 Å². The second-order valence-electron chi connectivity index (χ2n) is 8.37. The second kappa shape index (κ2) is 10.9. The fourth-order valence-electron chi connectivity index (χ4n) is 3.90. The molecule has 2 aromatic rings. The molecule has 1 N–H and O–H groups in total. The van der Waals surface area contributed by atoms with Gasteiger partial charge in [-0.1, -0.05) is 19.1 Å². The highest BCUT2D eigenvalue weighted by molar-refractivity contribution is 6.46. The first-order valence-corrected chi connectivity index (χ1v) is 11.1. The molecule has 0 aromatic heterocycles. The Kier molecular flexibility index (Phi) is 8.01. The van der Waals surface area contributed by atoms with Gasteiger partial charge < -0.3 is 19.6 Å². The quantitative estimate of drug-likeness (QED) is 0.186. The Morgan fingerprint density at radius 2 is 1.88 bits per heavy atom. The minimum absolute atomic E-state index is 0.0450. The second-order valence-corrected chi connectivity index (χ2v) is 8.37. The number of nitrogens with zero attached hydrogens (tertiary/aromatic N) is 3. The third kappa shape index (κ3) is 5.43. The van der Waals surface area contributed by atoms with E-state index in [0.717, 1.165) is 6.42 Å².